The van der Waals surface area contributed by atoms with Crippen LogP contribution in [0.2, 0.25) is 0 Å². The number of nitrogens with zero attached hydrogens (tertiary/aromatic N) is 5. The molecule has 0 aliphatic carbocycles. The van der Waals surface area contributed by atoms with Crippen molar-refractivity contribution in [2.45, 2.75) is 6.42 Å². The third kappa shape index (κ3) is 2.87. The van der Waals surface area contributed by atoms with Gasteiger partial charge in [0.1, 0.15) is 11.9 Å². The van der Waals surface area contributed by atoms with Gasteiger partial charge in [-0.15, -0.1) is 0 Å². The van der Waals surface area contributed by atoms with Crippen molar-refractivity contribution in [3.05, 3.63) is 42.3 Å². The van der Waals surface area contributed by atoms with Gasteiger partial charge < -0.3 is 9.73 Å². The van der Waals surface area contributed by atoms with Crippen LogP contribution in [0.3, 0.4) is 0 Å². The van der Waals surface area contributed by atoms with Crippen LogP contribution in [0.4, 0.5) is 5.82 Å². The van der Waals surface area contributed by atoms with Gasteiger partial charge in [0.05, 0.1) is 6.26 Å². The van der Waals surface area contributed by atoms with Crippen molar-refractivity contribution < 1.29 is 4.42 Å². The van der Waals surface area contributed by atoms with Crippen molar-refractivity contribution >= 4 is 5.82 Å². The van der Waals surface area contributed by atoms with E-state index in [2.05, 4.69) is 30.5 Å². The summed E-state index contributed by atoms with van der Waals surface area (Å²) in [6, 6.07) is 5.56. The number of anilines is 1. The highest BCUT2D eigenvalue weighted by molar-refractivity contribution is 5.47. The quantitative estimate of drug-likeness (QED) is 0.725. The maximum atomic E-state index is 8.91. The molecule has 3 aromatic rings. The monoisotopic (exact) mass is 281 g/mol. The third-order valence-electron chi connectivity index (χ3n) is 2.73. The number of nitrogens with one attached hydrogen (secondary N) is 2. The van der Waals surface area contributed by atoms with E-state index >= 15 is 0 Å². The number of H-pyrrole nitrogens is 1. The molecule has 0 unspecified atom stereocenters. The lowest BCUT2D eigenvalue weighted by atomic mass is 10.3. The molecule has 0 saturated carbocycles. The number of aromatic nitrogens is 5. The minimum absolute atomic E-state index is 0.270. The summed E-state index contributed by atoms with van der Waals surface area (Å²) in [6.45, 7) is 0.556. The van der Waals surface area contributed by atoms with E-state index in [4.69, 9.17) is 9.68 Å². The SMILES string of the molecule is N#Cc1nccnc1NCCc1nc(-c2ccco2)n[nH]1. The summed E-state index contributed by atoms with van der Waals surface area (Å²) < 4.78 is 5.22. The van der Waals surface area contributed by atoms with Gasteiger partial charge in [0.15, 0.2) is 17.3 Å². The van der Waals surface area contributed by atoms with Crippen LogP contribution in [0.5, 0.6) is 0 Å². The summed E-state index contributed by atoms with van der Waals surface area (Å²) in [5, 5.41) is 18.9. The van der Waals surface area contributed by atoms with Crippen LogP contribution in [0.1, 0.15) is 11.5 Å². The van der Waals surface area contributed by atoms with Gasteiger partial charge >= 0.3 is 0 Å². The first-order valence-corrected chi connectivity index (χ1v) is 6.27. The molecule has 0 aromatic carbocycles. The van der Waals surface area contributed by atoms with Crippen molar-refractivity contribution in [1.82, 2.24) is 25.1 Å². The highest BCUT2D eigenvalue weighted by Gasteiger charge is 2.08. The van der Waals surface area contributed by atoms with Gasteiger partial charge in [-0.2, -0.15) is 10.4 Å². The summed E-state index contributed by atoms with van der Waals surface area (Å²) in [4.78, 5) is 12.3. The Kier molecular flexibility index (Phi) is 3.56. The molecular formula is C13H11N7O. The Morgan fingerprint density at radius 3 is 3.05 bits per heavy atom. The molecule has 104 valence electrons. The fourth-order valence-electron chi connectivity index (χ4n) is 1.77. The predicted molar refractivity (Wildman–Crippen MR) is 73.0 cm³/mol. The number of furan rings is 1. The lowest BCUT2D eigenvalue weighted by molar-refractivity contribution is 0.577. The molecule has 0 fully saturated rings. The van der Waals surface area contributed by atoms with Gasteiger partial charge in [0.2, 0.25) is 5.82 Å². The lowest BCUT2D eigenvalue weighted by Crippen LogP contribution is -2.09. The largest absolute Gasteiger partial charge is 0.461 e. The normalized spacial score (nSPS) is 10.2. The molecular weight excluding hydrogens is 270 g/mol. The van der Waals surface area contributed by atoms with Gasteiger partial charge in [0, 0.05) is 25.4 Å². The Bertz CT molecular complexity index is 757. The molecule has 0 bridgehead atoms. The molecule has 3 rings (SSSR count). The zero-order valence-corrected chi connectivity index (χ0v) is 10.9. The Morgan fingerprint density at radius 2 is 2.24 bits per heavy atom. The van der Waals surface area contributed by atoms with E-state index in [1.165, 1.54) is 12.4 Å². The van der Waals surface area contributed by atoms with Crippen LogP contribution >= 0.6 is 0 Å². The number of hydrogen-bond acceptors (Lipinski definition) is 7. The molecule has 3 heterocycles. The second kappa shape index (κ2) is 5.83. The van der Waals surface area contributed by atoms with Crippen molar-refractivity contribution in [3.8, 4) is 17.7 Å². The Morgan fingerprint density at radius 1 is 1.33 bits per heavy atom. The Balaban J connectivity index is 1.60. The summed E-state index contributed by atoms with van der Waals surface area (Å²) in [7, 11) is 0. The second-order valence-corrected chi connectivity index (χ2v) is 4.13. The van der Waals surface area contributed by atoms with Crippen LogP contribution in [0.15, 0.2) is 35.2 Å². The van der Waals surface area contributed by atoms with Crippen LogP contribution in [0, 0.1) is 11.3 Å². The first-order chi connectivity index (χ1) is 10.4. The van der Waals surface area contributed by atoms with Gasteiger partial charge in [-0.1, -0.05) is 0 Å². The van der Waals surface area contributed by atoms with E-state index in [1.807, 2.05) is 6.07 Å². The smallest absolute Gasteiger partial charge is 0.216 e. The average Bonchev–Trinajstić information content (AvgIpc) is 3.18. The van der Waals surface area contributed by atoms with E-state index in [0.717, 1.165) is 5.82 Å². The number of aromatic amines is 1. The van der Waals surface area contributed by atoms with Crippen molar-refractivity contribution in [2.24, 2.45) is 0 Å². The molecule has 0 aliphatic rings. The fraction of sp³-hybridized carbons (Fsp3) is 0.154. The highest BCUT2D eigenvalue weighted by Crippen LogP contribution is 2.14. The van der Waals surface area contributed by atoms with Gasteiger partial charge in [-0.3, -0.25) is 5.10 Å². The molecule has 0 atom stereocenters. The average molecular weight is 281 g/mol. The molecule has 8 heteroatoms. The van der Waals surface area contributed by atoms with E-state index in [0.29, 0.717) is 30.4 Å². The summed E-state index contributed by atoms with van der Waals surface area (Å²) in [6.07, 6.45) is 5.20. The van der Waals surface area contributed by atoms with E-state index in [1.54, 1.807) is 18.4 Å². The van der Waals surface area contributed by atoms with E-state index in [9.17, 15) is 0 Å². The standard InChI is InChI=1S/C13H11N7O/c14-8-9-12(17-6-5-15-9)16-4-3-11-18-13(20-19-11)10-2-1-7-21-10/h1-2,5-7H,3-4H2,(H,16,17)(H,18,19,20). The maximum Gasteiger partial charge on any atom is 0.216 e. The topological polar surface area (TPSA) is 116 Å². The first kappa shape index (κ1) is 12.8. The fourth-order valence-corrected chi connectivity index (χ4v) is 1.77. The van der Waals surface area contributed by atoms with E-state index < -0.39 is 0 Å². The number of hydrogen-bond donors (Lipinski definition) is 2. The van der Waals surface area contributed by atoms with Crippen molar-refractivity contribution in [1.29, 1.82) is 5.26 Å². The molecule has 0 radical (unpaired) electrons. The van der Waals surface area contributed by atoms with Gasteiger partial charge in [-0.25, -0.2) is 15.0 Å². The minimum Gasteiger partial charge on any atom is -0.461 e. The summed E-state index contributed by atoms with van der Waals surface area (Å²) in [5.41, 5.74) is 0.270. The van der Waals surface area contributed by atoms with Crippen LogP contribution < -0.4 is 5.32 Å². The summed E-state index contributed by atoms with van der Waals surface area (Å²) in [5.74, 6) is 2.32. The lowest BCUT2D eigenvalue weighted by Gasteiger charge is -2.04. The molecule has 0 aliphatic heterocycles. The Hall–Kier alpha value is -3.21. The van der Waals surface area contributed by atoms with Crippen LogP contribution in [-0.4, -0.2) is 31.7 Å². The predicted octanol–water partition coefficient (Wildman–Crippen LogP) is 1.38. The molecule has 3 aromatic heterocycles. The highest BCUT2D eigenvalue weighted by atomic mass is 16.3. The third-order valence-corrected chi connectivity index (χ3v) is 2.73. The molecule has 2 N–H and O–H groups in total. The van der Waals surface area contributed by atoms with Crippen LogP contribution in [0.25, 0.3) is 11.6 Å². The minimum atomic E-state index is 0.270. The van der Waals surface area contributed by atoms with E-state index in [-0.39, 0.29) is 5.69 Å². The molecule has 0 saturated heterocycles. The molecule has 21 heavy (non-hydrogen) atoms. The van der Waals surface area contributed by atoms with Crippen molar-refractivity contribution in [3.63, 3.8) is 0 Å². The molecule has 8 nitrogen and oxygen atoms in total. The van der Waals surface area contributed by atoms with Gasteiger partial charge in [-0.05, 0) is 12.1 Å². The first-order valence-electron chi connectivity index (χ1n) is 6.27. The zero-order valence-electron chi connectivity index (χ0n) is 10.9. The molecule has 0 spiro atoms. The van der Waals surface area contributed by atoms with Crippen molar-refractivity contribution in [2.75, 3.05) is 11.9 Å². The summed E-state index contributed by atoms with van der Waals surface area (Å²) >= 11 is 0. The number of rotatable bonds is 5. The Labute approximate surface area is 119 Å². The maximum absolute atomic E-state index is 8.91. The second-order valence-electron chi connectivity index (χ2n) is 4.13. The molecule has 0 amide bonds. The van der Waals surface area contributed by atoms with Crippen LogP contribution in [-0.2, 0) is 6.42 Å². The number of nitriles is 1. The van der Waals surface area contributed by atoms with Gasteiger partial charge in [0.25, 0.3) is 0 Å². The zero-order chi connectivity index (χ0) is 14.5.